The lowest BCUT2D eigenvalue weighted by Gasteiger charge is -2.12. The second-order valence-electron chi connectivity index (χ2n) is 4.43. The molecule has 2 rings (SSSR count). The van der Waals surface area contributed by atoms with E-state index in [0.29, 0.717) is 6.42 Å². The number of nitrogens with zero attached hydrogens (tertiary/aromatic N) is 1. The molecular formula is C12H13F3N2O2. The van der Waals surface area contributed by atoms with Gasteiger partial charge in [0.15, 0.2) is 0 Å². The number of halogens is 3. The molecular weight excluding hydrogens is 261 g/mol. The van der Waals surface area contributed by atoms with Crippen molar-refractivity contribution in [2.24, 2.45) is 0 Å². The Bertz CT molecular complexity index is 476. The number of anilines is 1. The van der Waals surface area contributed by atoms with E-state index in [0.717, 1.165) is 24.8 Å². The summed E-state index contributed by atoms with van der Waals surface area (Å²) >= 11 is 0. The molecule has 2 heterocycles. The summed E-state index contributed by atoms with van der Waals surface area (Å²) in [6.07, 6.45) is -2.76. The van der Waals surface area contributed by atoms with Crippen molar-refractivity contribution < 1.29 is 22.7 Å². The topological polar surface area (TPSA) is 51.2 Å². The third-order valence-corrected chi connectivity index (χ3v) is 2.86. The van der Waals surface area contributed by atoms with E-state index in [1.54, 1.807) is 0 Å². The molecule has 1 fully saturated rings. The van der Waals surface area contributed by atoms with Gasteiger partial charge in [-0.1, -0.05) is 0 Å². The summed E-state index contributed by atoms with van der Waals surface area (Å²) in [5.74, 6) is -0.584. The molecule has 104 valence electrons. The third-order valence-electron chi connectivity index (χ3n) is 2.86. The number of ether oxygens (including phenoxy) is 1. The highest BCUT2D eigenvalue weighted by Gasteiger charge is 2.32. The monoisotopic (exact) mass is 274 g/mol. The van der Waals surface area contributed by atoms with E-state index in [1.807, 2.05) is 6.92 Å². The fraction of sp³-hybridized carbons (Fsp3) is 0.500. The van der Waals surface area contributed by atoms with Crippen LogP contribution in [0.1, 0.15) is 25.3 Å². The van der Waals surface area contributed by atoms with Crippen molar-refractivity contribution in [3.05, 3.63) is 23.9 Å². The van der Waals surface area contributed by atoms with Crippen LogP contribution >= 0.6 is 0 Å². The van der Waals surface area contributed by atoms with Crippen molar-refractivity contribution >= 4 is 11.7 Å². The molecule has 0 aromatic carbocycles. The quantitative estimate of drug-likeness (QED) is 0.901. The molecule has 1 saturated heterocycles. The van der Waals surface area contributed by atoms with Crippen LogP contribution in [0.3, 0.4) is 0 Å². The molecule has 0 aliphatic carbocycles. The van der Waals surface area contributed by atoms with Crippen LogP contribution in [0, 0.1) is 0 Å². The molecule has 0 radical (unpaired) electrons. The maximum atomic E-state index is 12.5. The van der Waals surface area contributed by atoms with Gasteiger partial charge in [-0.25, -0.2) is 4.98 Å². The second-order valence-corrected chi connectivity index (χ2v) is 4.43. The molecule has 0 bridgehead atoms. The predicted octanol–water partition coefficient (Wildman–Crippen LogP) is 2.61. The van der Waals surface area contributed by atoms with Crippen molar-refractivity contribution in [2.45, 2.75) is 38.1 Å². The minimum absolute atomic E-state index is 0.00906. The van der Waals surface area contributed by atoms with Crippen LogP contribution in [0.15, 0.2) is 18.3 Å². The summed E-state index contributed by atoms with van der Waals surface area (Å²) < 4.78 is 42.8. The highest BCUT2D eigenvalue weighted by molar-refractivity contribution is 5.93. The van der Waals surface area contributed by atoms with Crippen molar-refractivity contribution in [3.8, 4) is 0 Å². The minimum Gasteiger partial charge on any atom is -0.365 e. The Hall–Kier alpha value is -1.63. The van der Waals surface area contributed by atoms with E-state index >= 15 is 0 Å². The van der Waals surface area contributed by atoms with E-state index in [1.165, 1.54) is 0 Å². The zero-order valence-electron chi connectivity index (χ0n) is 10.2. The number of alkyl halides is 3. The molecule has 2 atom stereocenters. The van der Waals surface area contributed by atoms with Crippen LogP contribution in [0.25, 0.3) is 0 Å². The molecule has 0 spiro atoms. The van der Waals surface area contributed by atoms with Crippen LogP contribution in [-0.2, 0) is 15.7 Å². The number of nitrogens with one attached hydrogen (secondary N) is 1. The van der Waals surface area contributed by atoms with Gasteiger partial charge < -0.3 is 10.1 Å². The zero-order chi connectivity index (χ0) is 14.0. The van der Waals surface area contributed by atoms with Crippen LogP contribution < -0.4 is 5.32 Å². The summed E-state index contributed by atoms with van der Waals surface area (Å²) in [7, 11) is 0. The molecule has 1 amide bonds. The Morgan fingerprint density at radius 1 is 1.47 bits per heavy atom. The molecule has 2 unspecified atom stereocenters. The number of amides is 1. The van der Waals surface area contributed by atoms with Crippen molar-refractivity contribution in [3.63, 3.8) is 0 Å². The molecule has 1 aliphatic heterocycles. The first-order valence-corrected chi connectivity index (χ1v) is 5.86. The van der Waals surface area contributed by atoms with Crippen LogP contribution in [0.4, 0.5) is 19.0 Å². The number of carbonyl (C=O) groups is 1. The largest absolute Gasteiger partial charge is 0.416 e. The van der Waals surface area contributed by atoms with Gasteiger partial charge in [-0.3, -0.25) is 4.79 Å². The SMILES string of the molecule is CC1CCC(C(=O)Nc2cc(C(F)(F)F)ccn2)O1. The van der Waals surface area contributed by atoms with Gasteiger partial charge >= 0.3 is 6.18 Å². The van der Waals surface area contributed by atoms with Crippen molar-refractivity contribution in [1.82, 2.24) is 4.98 Å². The number of pyridine rings is 1. The highest BCUT2D eigenvalue weighted by atomic mass is 19.4. The first-order valence-electron chi connectivity index (χ1n) is 5.86. The van der Waals surface area contributed by atoms with Gasteiger partial charge in [0.05, 0.1) is 11.7 Å². The number of rotatable bonds is 2. The standard InChI is InChI=1S/C12H13F3N2O2/c1-7-2-3-9(19-7)11(18)17-10-6-8(4-5-16-10)12(13,14)15/h4-7,9H,2-3H2,1H3,(H,16,17,18). The van der Waals surface area contributed by atoms with Gasteiger partial charge in [0.2, 0.25) is 0 Å². The Kier molecular flexibility index (Phi) is 3.75. The summed E-state index contributed by atoms with van der Waals surface area (Å²) in [4.78, 5) is 15.5. The molecule has 4 nitrogen and oxygen atoms in total. The third kappa shape index (κ3) is 3.44. The van der Waals surface area contributed by atoms with Gasteiger partial charge in [0.25, 0.3) is 5.91 Å². The van der Waals surface area contributed by atoms with Crippen molar-refractivity contribution in [1.29, 1.82) is 0 Å². The van der Waals surface area contributed by atoms with Crippen molar-refractivity contribution in [2.75, 3.05) is 5.32 Å². The molecule has 19 heavy (non-hydrogen) atoms. The van der Waals surface area contributed by atoms with E-state index in [9.17, 15) is 18.0 Å². The maximum absolute atomic E-state index is 12.5. The van der Waals surface area contributed by atoms with E-state index in [2.05, 4.69) is 10.3 Å². The smallest absolute Gasteiger partial charge is 0.365 e. The predicted molar refractivity (Wildman–Crippen MR) is 61.4 cm³/mol. The Labute approximate surface area is 108 Å². The molecule has 0 saturated carbocycles. The van der Waals surface area contributed by atoms with E-state index in [-0.39, 0.29) is 11.9 Å². The number of carbonyl (C=O) groups excluding carboxylic acids is 1. The summed E-state index contributed by atoms with van der Waals surface area (Å²) in [6, 6.07) is 1.65. The lowest BCUT2D eigenvalue weighted by Crippen LogP contribution is -2.28. The fourth-order valence-electron chi connectivity index (χ4n) is 1.88. The fourth-order valence-corrected chi connectivity index (χ4v) is 1.88. The number of aromatic nitrogens is 1. The normalized spacial score (nSPS) is 23.4. The van der Waals surface area contributed by atoms with Gasteiger partial charge in [0.1, 0.15) is 11.9 Å². The Morgan fingerprint density at radius 3 is 2.79 bits per heavy atom. The summed E-state index contributed by atoms with van der Waals surface area (Å²) in [6.45, 7) is 1.84. The Balaban J connectivity index is 2.05. The average molecular weight is 274 g/mol. The average Bonchev–Trinajstić information content (AvgIpc) is 2.75. The second kappa shape index (κ2) is 5.16. The van der Waals surface area contributed by atoms with E-state index < -0.39 is 23.8 Å². The molecule has 7 heteroatoms. The highest BCUT2D eigenvalue weighted by Crippen LogP contribution is 2.30. The van der Waals surface area contributed by atoms with Gasteiger partial charge in [-0.2, -0.15) is 13.2 Å². The minimum atomic E-state index is -4.46. The van der Waals surface area contributed by atoms with E-state index in [4.69, 9.17) is 4.74 Å². The maximum Gasteiger partial charge on any atom is 0.416 e. The van der Waals surface area contributed by atoms with Crippen LogP contribution in [-0.4, -0.2) is 23.1 Å². The summed E-state index contributed by atoms with van der Waals surface area (Å²) in [5, 5.41) is 2.34. The number of hydrogen-bond donors (Lipinski definition) is 1. The van der Waals surface area contributed by atoms with Gasteiger partial charge in [-0.05, 0) is 31.9 Å². The summed E-state index contributed by atoms with van der Waals surface area (Å²) in [5.41, 5.74) is -0.849. The number of hydrogen-bond acceptors (Lipinski definition) is 3. The molecule has 1 N–H and O–H groups in total. The first kappa shape index (κ1) is 13.8. The zero-order valence-corrected chi connectivity index (χ0v) is 10.2. The first-order chi connectivity index (χ1) is 8.86. The van der Waals surface area contributed by atoms with Crippen LogP contribution in [0.5, 0.6) is 0 Å². The molecule has 1 aromatic heterocycles. The lowest BCUT2D eigenvalue weighted by molar-refractivity contribution is -0.137. The Morgan fingerprint density at radius 2 is 2.21 bits per heavy atom. The molecule has 1 aliphatic rings. The molecule has 1 aromatic rings. The van der Waals surface area contributed by atoms with Crippen LogP contribution in [0.2, 0.25) is 0 Å². The van der Waals surface area contributed by atoms with Gasteiger partial charge in [0, 0.05) is 6.20 Å². The lowest BCUT2D eigenvalue weighted by atomic mass is 10.2. The van der Waals surface area contributed by atoms with Gasteiger partial charge in [-0.15, -0.1) is 0 Å².